The van der Waals surface area contributed by atoms with Crippen molar-refractivity contribution >= 4 is 5.91 Å². The molecule has 1 aromatic rings. The minimum atomic E-state index is 0.0312. The summed E-state index contributed by atoms with van der Waals surface area (Å²) in [5, 5.41) is 0. The highest BCUT2D eigenvalue weighted by molar-refractivity contribution is 5.97. The number of benzene rings is 1. The molecule has 1 aliphatic heterocycles. The van der Waals surface area contributed by atoms with Gasteiger partial charge in [0.15, 0.2) is 0 Å². The molecule has 1 aliphatic rings. The molecule has 0 bridgehead atoms. The molecule has 0 aromatic heterocycles. The molecular formula is C17H26N2O3. The molecule has 1 amide bonds. The minimum Gasteiger partial charge on any atom is -0.497 e. The number of carbonyl (C=O) groups excluding carboxylic acids is 1. The number of methoxy groups -OCH3 is 2. The first-order valence-electron chi connectivity index (χ1n) is 7.78. The average Bonchev–Trinajstić information content (AvgIpc) is 2.53. The summed E-state index contributed by atoms with van der Waals surface area (Å²) in [6, 6.07) is 5.33. The molecule has 1 heterocycles. The van der Waals surface area contributed by atoms with E-state index in [4.69, 9.17) is 9.47 Å². The fraction of sp³-hybridized carbons (Fsp3) is 0.588. The molecule has 2 rings (SSSR count). The molecule has 0 radical (unpaired) electrons. The summed E-state index contributed by atoms with van der Waals surface area (Å²) < 4.78 is 10.5. The maximum absolute atomic E-state index is 12.7. The highest BCUT2D eigenvalue weighted by atomic mass is 16.5. The summed E-state index contributed by atoms with van der Waals surface area (Å²) in [5.74, 6) is 1.94. The lowest BCUT2D eigenvalue weighted by atomic mass is 10.1. The van der Waals surface area contributed by atoms with Crippen molar-refractivity contribution in [2.24, 2.45) is 5.92 Å². The number of piperazine rings is 1. The molecule has 0 unspecified atom stereocenters. The predicted molar refractivity (Wildman–Crippen MR) is 86.7 cm³/mol. The van der Waals surface area contributed by atoms with E-state index in [-0.39, 0.29) is 5.91 Å². The van der Waals surface area contributed by atoms with E-state index < -0.39 is 0 Å². The maximum atomic E-state index is 12.7. The van der Waals surface area contributed by atoms with E-state index in [1.807, 2.05) is 4.90 Å². The first kappa shape index (κ1) is 16.6. The summed E-state index contributed by atoms with van der Waals surface area (Å²) >= 11 is 0. The Hall–Kier alpha value is -1.75. The van der Waals surface area contributed by atoms with Crippen LogP contribution in [0, 0.1) is 5.92 Å². The van der Waals surface area contributed by atoms with Gasteiger partial charge < -0.3 is 14.4 Å². The topological polar surface area (TPSA) is 42.0 Å². The molecule has 122 valence electrons. The molecule has 0 spiro atoms. The fourth-order valence-corrected chi connectivity index (χ4v) is 2.80. The SMILES string of the molecule is COc1ccc(C(=O)N2CCN(CC(C)C)CC2)c(OC)c1. The van der Waals surface area contributed by atoms with Crippen LogP contribution < -0.4 is 9.47 Å². The number of ether oxygens (including phenoxy) is 2. The van der Waals surface area contributed by atoms with Crippen molar-refractivity contribution in [3.63, 3.8) is 0 Å². The van der Waals surface area contributed by atoms with E-state index in [1.165, 1.54) is 0 Å². The average molecular weight is 306 g/mol. The Morgan fingerprint density at radius 1 is 1.14 bits per heavy atom. The molecule has 5 heteroatoms. The van der Waals surface area contributed by atoms with Crippen molar-refractivity contribution in [3.05, 3.63) is 23.8 Å². The van der Waals surface area contributed by atoms with Gasteiger partial charge in [-0.15, -0.1) is 0 Å². The first-order chi connectivity index (χ1) is 10.5. The quantitative estimate of drug-likeness (QED) is 0.835. The van der Waals surface area contributed by atoms with E-state index in [9.17, 15) is 4.79 Å². The standard InChI is InChI=1S/C17H26N2O3/c1-13(2)12-18-7-9-19(10-8-18)17(20)15-6-5-14(21-3)11-16(15)22-4/h5-6,11,13H,7-10,12H2,1-4H3. The molecule has 1 fully saturated rings. The van der Waals surface area contributed by atoms with E-state index >= 15 is 0 Å². The molecule has 1 aromatic carbocycles. The number of amides is 1. The van der Waals surface area contributed by atoms with Gasteiger partial charge in [0, 0.05) is 38.8 Å². The molecule has 0 N–H and O–H groups in total. The zero-order valence-electron chi connectivity index (χ0n) is 14.0. The fourth-order valence-electron chi connectivity index (χ4n) is 2.80. The van der Waals surface area contributed by atoms with Crippen LogP contribution in [-0.4, -0.2) is 62.7 Å². The van der Waals surface area contributed by atoms with E-state index in [2.05, 4.69) is 18.7 Å². The summed E-state index contributed by atoms with van der Waals surface area (Å²) in [6.45, 7) is 8.93. The van der Waals surface area contributed by atoms with E-state index in [1.54, 1.807) is 32.4 Å². The lowest BCUT2D eigenvalue weighted by Crippen LogP contribution is -2.49. The highest BCUT2D eigenvalue weighted by Crippen LogP contribution is 2.26. The second-order valence-corrected chi connectivity index (χ2v) is 6.05. The third kappa shape index (κ3) is 3.91. The molecular weight excluding hydrogens is 280 g/mol. The van der Waals surface area contributed by atoms with Gasteiger partial charge in [-0.05, 0) is 18.1 Å². The Bertz CT molecular complexity index is 509. The van der Waals surface area contributed by atoms with Gasteiger partial charge in [0.05, 0.1) is 19.8 Å². The zero-order valence-corrected chi connectivity index (χ0v) is 14.0. The number of nitrogens with zero attached hydrogens (tertiary/aromatic N) is 2. The van der Waals surface area contributed by atoms with Crippen LogP contribution in [0.4, 0.5) is 0 Å². The van der Waals surface area contributed by atoms with Crippen molar-refractivity contribution in [2.45, 2.75) is 13.8 Å². The molecule has 0 aliphatic carbocycles. The van der Waals surface area contributed by atoms with Gasteiger partial charge in [0.25, 0.3) is 5.91 Å². The molecule has 22 heavy (non-hydrogen) atoms. The number of hydrogen-bond donors (Lipinski definition) is 0. The monoisotopic (exact) mass is 306 g/mol. The third-order valence-electron chi connectivity index (χ3n) is 3.92. The number of rotatable bonds is 5. The van der Waals surface area contributed by atoms with Crippen LogP contribution in [0.15, 0.2) is 18.2 Å². The molecule has 5 nitrogen and oxygen atoms in total. The van der Waals surface area contributed by atoms with E-state index in [0.29, 0.717) is 23.0 Å². The van der Waals surface area contributed by atoms with Crippen LogP contribution in [0.25, 0.3) is 0 Å². The van der Waals surface area contributed by atoms with Crippen molar-refractivity contribution in [2.75, 3.05) is 46.9 Å². The van der Waals surface area contributed by atoms with Crippen LogP contribution in [0.1, 0.15) is 24.2 Å². The van der Waals surface area contributed by atoms with Crippen LogP contribution in [-0.2, 0) is 0 Å². The molecule has 0 atom stereocenters. The Balaban J connectivity index is 2.04. The largest absolute Gasteiger partial charge is 0.497 e. The highest BCUT2D eigenvalue weighted by Gasteiger charge is 2.24. The van der Waals surface area contributed by atoms with Gasteiger partial charge in [0.2, 0.25) is 0 Å². The Morgan fingerprint density at radius 2 is 1.82 bits per heavy atom. The number of carbonyl (C=O) groups is 1. The van der Waals surface area contributed by atoms with Gasteiger partial charge >= 0.3 is 0 Å². The van der Waals surface area contributed by atoms with E-state index in [0.717, 1.165) is 32.7 Å². The third-order valence-corrected chi connectivity index (χ3v) is 3.92. The van der Waals surface area contributed by atoms with Gasteiger partial charge in [-0.25, -0.2) is 0 Å². The number of hydrogen-bond acceptors (Lipinski definition) is 4. The Labute approximate surface area is 132 Å². The summed E-state index contributed by atoms with van der Waals surface area (Å²) in [4.78, 5) is 17.0. The first-order valence-corrected chi connectivity index (χ1v) is 7.78. The Morgan fingerprint density at radius 3 is 2.36 bits per heavy atom. The van der Waals surface area contributed by atoms with Gasteiger partial charge in [-0.3, -0.25) is 9.69 Å². The second-order valence-electron chi connectivity index (χ2n) is 6.05. The van der Waals surface area contributed by atoms with Crippen LogP contribution in [0.3, 0.4) is 0 Å². The normalized spacial score (nSPS) is 16.0. The van der Waals surface area contributed by atoms with Crippen LogP contribution in [0.5, 0.6) is 11.5 Å². The van der Waals surface area contributed by atoms with Crippen molar-refractivity contribution in [1.82, 2.24) is 9.80 Å². The lowest BCUT2D eigenvalue weighted by Gasteiger charge is -2.35. The van der Waals surface area contributed by atoms with Gasteiger partial charge in [-0.2, -0.15) is 0 Å². The summed E-state index contributed by atoms with van der Waals surface area (Å²) in [7, 11) is 3.18. The van der Waals surface area contributed by atoms with Crippen molar-refractivity contribution in [1.29, 1.82) is 0 Å². The smallest absolute Gasteiger partial charge is 0.257 e. The second kappa shape index (κ2) is 7.49. The molecule has 1 saturated heterocycles. The lowest BCUT2D eigenvalue weighted by molar-refractivity contribution is 0.0620. The van der Waals surface area contributed by atoms with Crippen molar-refractivity contribution < 1.29 is 14.3 Å². The predicted octanol–water partition coefficient (Wildman–Crippen LogP) is 2.12. The van der Waals surface area contributed by atoms with Gasteiger partial charge in [-0.1, -0.05) is 13.8 Å². The summed E-state index contributed by atoms with van der Waals surface area (Å²) in [6.07, 6.45) is 0. The zero-order chi connectivity index (χ0) is 16.1. The van der Waals surface area contributed by atoms with Crippen molar-refractivity contribution in [3.8, 4) is 11.5 Å². The Kier molecular flexibility index (Phi) is 5.66. The van der Waals surface area contributed by atoms with Gasteiger partial charge in [0.1, 0.15) is 11.5 Å². The molecule has 0 saturated carbocycles. The van der Waals surface area contributed by atoms with Crippen LogP contribution in [0.2, 0.25) is 0 Å². The minimum absolute atomic E-state index is 0.0312. The maximum Gasteiger partial charge on any atom is 0.257 e. The summed E-state index contributed by atoms with van der Waals surface area (Å²) in [5.41, 5.74) is 0.598. The van der Waals surface area contributed by atoms with Crippen LogP contribution >= 0.6 is 0 Å².